The van der Waals surface area contributed by atoms with Crippen LogP contribution in [0.4, 0.5) is 10.5 Å². The van der Waals surface area contributed by atoms with E-state index in [1.807, 2.05) is 11.0 Å². The molecule has 4 unspecified atom stereocenters. The number of ether oxygens (including phenoxy) is 1. The average molecular weight is 452 g/mol. The Morgan fingerprint density at radius 3 is 2.70 bits per heavy atom. The van der Waals surface area contributed by atoms with Crippen LogP contribution in [0.1, 0.15) is 70.8 Å². The van der Waals surface area contributed by atoms with E-state index >= 15 is 0 Å². The van der Waals surface area contributed by atoms with Crippen molar-refractivity contribution in [3.05, 3.63) is 29.8 Å². The Balaban J connectivity index is 1.12. The van der Waals surface area contributed by atoms with E-state index < -0.39 is 0 Å². The second-order valence-corrected chi connectivity index (χ2v) is 11.2. The first-order valence-electron chi connectivity index (χ1n) is 13.1. The third-order valence-corrected chi connectivity index (χ3v) is 9.68. The van der Waals surface area contributed by atoms with Gasteiger partial charge in [0.1, 0.15) is 0 Å². The molecule has 2 amide bonds. The lowest BCUT2D eigenvalue weighted by molar-refractivity contribution is -0.116. The minimum absolute atomic E-state index is 0.0664. The highest BCUT2D eigenvalue weighted by Gasteiger charge is 2.75. The van der Waals surface area contributed by atoms with E-state index in [1.54, 1.807) is 6.92 Å². The van der Waals surface area contributed by atoms with Gasteiger partial charge < -0.3 is 14.5 Å². The Bertz CT molecular complexity index is 956. The number of rotatable bonds is 4. The van der Waals surface area contributed by atoms with Crippen molar-refractivity contribution >= 4 is 17.7 Å². The predicted octanol–water partition coefficient (Wildman–Crippen LogP) is 4.32. The molecule has 3 aliphatic heterocycles. The molecule has 6 nitrogen and oxygen atoms in total. The molecular weight excluding hydrogens is 414 g/mol. The van der Waals surface area contributed by atoms with Gasteiger partial charge in [-0.15, -0.1) is 0 Å². The van der Waals surface area contributed by atoms with Crippen molar-refractivity contribution < 1.29 is 14.3 Å². The molecule has 1 aromatic carbocycles. The van der Waals surface area contributed by atoms with Crippen LogP contribution in [0, 0.1) is 5.92 Å². The predicted molar refractivity (Wildman–Crippen MR) is 127 cm³/mol. The average Bonchev–Trinajstić information content (AvgIpc) is 3.09. The molecule has 2 spiro atoms. The highest BCUT2D eigenvalue weighted by Crippen LogP contribution is 2.65. The molecule has 0 radical (unpaired) electrons. The Labute approximate surface area is 197 Å². The van der Waals surface area contributed by atoms with E-state index in [1.165, 1.54) is 18.4 Å². The maximum atomic E-state index is 12.7. The number of hydrogen-bond donors (Lipinski definition) is 0. The zero-order valence-corrected chi connectivity index (χ0v) is 20.1. The number of carbonyl (C=O) groups is 2. The maximum absolute atomic E-state index is 12.7. The topological polar surface area (TPSA) is 52.9 Å². The maximum Gasteiger partial charge on any atom is 0.410 e. The first kappa shape index (κ1) is 21.5. The number of para-hydroxylation sites is 1. The number of likely N-dealkylation sites (tertiary alicyclic amines) is 2. The van der Waals surface area contributed by atoms with E-state index in [0.29, 0.717) is 24.6 Å². The van der Waals surface area contributed by atoms with E-state index in [0.717, 1.165) is 63.8 Å². The molecule has 2 aliphatic carbocycles. The van der Waals surface area contributed by atoms with Crippen LogP contribution >= 0.6 is 0 Å². The van der Waals surface area contributed by atoms with E-state index in [-0.39, 0.29) is 23.0 Å². The second kappa shape index (κ2) is 7.72. The van der Waals surface area contributed by atoms with Crippen LogP contribution in [0.5, 0.6) is 0 Å². The number of anilines is 1. The Kier molecular flexibility index (Phi) is 5.02. The number of nitrogens with zero attached hydrogens (tertiary/aromatic N) is 3. The van der Waals surface area contributed by atoms with Crippen molar-refractivity contribution in [2.45, 2.75) is 88.3 Å². The van der Waals surface area contributed by atoms with Crippen molar-refractivity contribution in [1.82, 2.24) is 9.80 Å². The van der Waals surface area contributed by atoms with E-state index in [2.05, 4.69) is 34.9 Å². The molecule has 2 saturated heterocycles. The monoisotopic (exact) mass is 451 g/mol. The Morgan fingerprint density at radius 2 is 1.94 bits per heavy atom. The number of hydrogen-bond acceptors (Lipinski definition) is 4. The Hall–Kier alpha value is -2.08. The summed E-state index contributed by atoms with van der Waals surface area (Å²) in [5.74, 6) is 0.790. The number of amides is 2. The highest BCUT2D eigenvalue weighted by atomic mass is 16.6. The summed E-state index contributed by atoms with van der Waals surface area (Å²) < 4.78 is 5.59. The number of benzene rings is 1. The summed E-state index contributed by atoms with van der Waals surface area (Å²) in [6, 6.07) is 9.51. The van der Waals surface area contributed by atoms with Gasteiger partial charge in [-0.1, -0.05) is 31.5 Å². The van der Waals surface area contributed by atoms with Gasteiger partial charge in [0.15, 0.2) is 0 Å². The summed E-state index contributed by atoms with van der Waals surface area (Å²) in [5, 5.41) is 0. The number of unbranched alkanes of at least 4 members (excludes halogenated alkanes) is 1. The molecule has 6 heteroatoms. The Morgan fingerprint density at radius 1 is 1.15 bits per heavy atom. The lowest BCUT2D eigenvalue weighted by Crippen LogP contribution is -2.48. The van der Waals surface area contributed by atoms with Crippen LogP contribution < -0.4 is 4.90 Å². The lowest BCUT2D eigenvalue weighted by Gasteiger charge is -2.42. The molecule has 4 atom stereocenters. The molecule has 33 heavy (non-hydrogen) atoms. The third-order valence-electron chi connectivity index (χ3n) is 9.68. The van der Waals surface area contributed by atoms with Crippen LogP contribution in [0.25, 0.3) is 0 Å². The van der Waals surface area contributed by atoms with Crippen LogP contribution in [0.3, 0.4) is 0 Å². The first-order valence-corrected chi connectivity index (χ1v) is 13.1. The van der Waals surface area contributed by atoms with Crippen LogP contribution in [0.2, 0.25) is 0 Å². The normalized spacial score (nSPS) is 33.7. The molecule has 2 saturated carbocycles. The van der Waals surface area contributed by atoms with Crippen molar-refractivity contribution in [3.8, 4) is 0 Å². The van der Waals surface area contributed by atoms with Crippen LogP contribution in [-0.2, 0) is 14.9 Å². The van der Waals surface area contributed by atoms with Gasteiger partial charge >= 0.3 is 6.09 Å². The molecule has 178 valence electrons. The highest BCUT2D eigenvalue weighted by molar-refractivity contribution is 5.94. The van der Waals surface area contributed by atoms with Crippen molar-refractivity contribution in [2.24, 2.45) is 5.92 Å². The largest absolute Gasteiger partial charge is 0.449 e. The summed E-state index contributed by atoms with van der Waals surface area (Å²) in [6.45, 7) is 7.35. The van der Waals surface area contributed by atoms with Crippen molar-refractivity contribution in [1.29, 1.82) is 0 Å². The fourth-order valence-electron chi connectivity index (χ4n) is 7.98. The van der Waals surface area contributed by atoms with E-state index in [9.17, 15) is 9.59 Å². The van der Waals surface area contributed by atoms with Gasteiger partial charge in [-0.25, -0.2) is 4.79 Å². The fourth-order valence-corrected chi connectivity index (χ4v) is 7.98. The SMILES string of the molecule is CCCCOC(=O)N1C2CCC3CC(N4CCC5(CC4)CN(C(C)=O)c4ccccc45)CC321. The number of carbonyl (C=O) groups excluding carboxylic acids is 2. The van der Waals surface area contributed by atoms with Crippen molar-refractivity contribution in [3.63, 3.8) is 0 Å². The van der Waals surface area contributed by atoms with E-state index in [4.69, 9.17) is 4.74 Å². The smallest absolute Gasteiger partial charge is 0.410 e. The summed E-state index contributed by atoms with van der Waals surface area (Å²) in [4.78, 5) is 31.8. The summed E-state index contributed by atoms with van der Waals surface area (Å²) in [5.41, 5.74) is 2.67. The van der Waals surface area contributed by atoms with Gasteiger partial charge in [-0.3, -0.25) is 9.69 Å². The molecule has 0 N–H and O–H groups in total. The van der Waals surface area contributed by atoms with Gasteiger partial charge in [0, 0.05) is 30.6 Å². The standard InChI is InChI=1S/C27H37N3O3/c1-3-4-15-33-25(32)30-24-10-9-20-16-21(17-27(20,24)30)28-13-11-26(12-14-28)18-29(19(2)31)23-8-6-5-7-22(23)26/h5-8,20-21,24H,3-4,9-18H2,1-2H3. The zero-order chi connectivity index (χ0) is 22.8. The van der Waals surface area contributed by atoms with Crippen LogP contribution in [0.15, 0.2) is 24.3 Å². The lowest BCUT2D eigenvalue weighted by atomic mass is 9.74. The van der Waals surface area contributed by atoms with Gasteiger partial charge in [0.05, 0.1) is 18.2 Å². The molecular formula is C27H37N3O3. The summed E-state index contributed by atoms with van der Waals surface area (Å²) in [6.07, 6.45) is 8.90. The first-order chi connectivity index (χ1) is 16.0. The van der Waals surface area contributed by atoms with Crippen molar-refractivity contribution in [2.75, 3.05) is 31.1 Å². The zero-order valence-electron chi connectivity index (χ0n) is 20.1. The number of fused-ring (bicyclic) bond motifs is 2. The molecule has 4 fully saturated rings. The molecule has 6 rings (SSSR count). The third kappa shape index (κ3) is 3.09. The molecule has 0 bridgehead atoms. The molecule has 3 heterocycles. The summed E-state index contributed by atoms with van der Waals surface area (Å²) >= 11 is 0. The number of piperidine rings is 2. The van der Waals surface area contributed by atoms with Gasteiger partial charge in [-0.05, 0) is 75.6 Å². The molecule has 1 aromatic rings. The quantitative estimate of drug-likeness (QED) is 0.505. The van der Waals surface area contributed by atoms with Gasteiger partial charge in [-0.2, -0.15) is 0 Å². The molecule has 5 aliphatic rings. The minimum Gasteiger partial charge on any atom is -0.449 e. The second-order valence-electron chi connectivity index (χ2n) is 11.2. The van der Waals surface area contributed by atoms with Crippen LogP contribution in [-0.4, -0.2) is 65.7 Å². The fraction of sp³-hybridized carbons (Fsp3) is 0.704. The minimum atomic E-state index is -0.0664. The van der Waals surface area contributed by atoms with Gasteiger partial charge in [0.2, 0.25) is 5.91 Å². The molecule has 0 aromatic heterocycles. The van der Waals surface area contributed by atoms with Gasteiger partial charge in [0.25, 0.3) is 0 Å². The summed E-state index contributed by atoms with van der Waals surface area (Å²) in [7, 11) is 0.